The molecule has 0 aliphatic rings. The van der Waals surface area contributed by atoms with Crippen LogP contribution >= 0.6 is 0 Å². The monoisotopic (exact) mass is 248 g/mol. The second-order valence-electron chi connectivity index (χ2n) is 5.67. The summed E-state index contributed by atoms with van der Waals surface area (Å²) in [6, 6.07) is 6.30. The van der Waals surface area contributed by atoms with Crippen molar-refractivity contribution in [3.05, 3.63) is 34.9 Å². The second-order valence-corrected chi connectivity index (χ2v) is 5.67. The van der Waals surface area contributed by atoms with Gasteiger partial charge in [-0.05, 0) is 44.4 Å². The lowest BCUT2D eigenvalue weighted by Crippen LogP contribution is -2.42. The van der Waals surface area contributed by atoms with Gasteiger partial charge in [-0.2, -0.15) is 0 Å². The normalized spacial score (nSPS) is 11.4. The standard InChI is InChI=1S/C15H24N2O/c1-11-6-7-13(8-12(11)2)9-17(5)14(18)15(3,4)10-16/h6-8H,9-10,16H2,1-5H3. The molecule has 1 aromatic rings. The van der Waals surface area contributed by atoms with Gasteiger partial charge in [-0.15, -0.1) is 0 Å². The van der Waals surface area contributed by atoms with Crippen LogP contribution in [-0.4, -0.2) is 24.4 Å². The van der Waals surface area contributed by atoms with E-state index in [1.165, 1.54) is 11.1 Å². The van der Waals surface area contributed by atoms with Crippen LogP contribution in [0.15, 0.2) is 18.2 Å². The number of aryl methyl sites for hydroxylation is 2. The van der Waals surface area contributed by atoms with Crippen LogP contribution in [0.1, 0.15) is 30.5 Å². The SMILES string of the molecule is Cc1ccc(CN(C)C(=O)C(C)(C)CN)cc1C. The van der Waals surface area contributed by atoms with Gasteiger partial charge in [0.15, 0.2) is 0 Å². The molecule has 1 amide bonds. The Labute approximate surface area is 110 Å². The van der Waals surface area contributed by atoms with E-state index in [4.69, 9.17) is 5.73 Å². The number of hydrogen-bond donors (Lipinski definition) is 1. The summed E-state index contributed by atoms with van der Waals surface area (Å²) in [5.74, 6) is 0.0863. The van der Waals surface area contributed by atoms with Crippen LogP contribution in [0.5, 0.6) is 0 Å². The van der Waals surface area contributed by atoms with Crippen molar-refractivity contribution in [3.8, 4) is 0 Å². The Morgan fingerprint density at radius 1 is 1.28 bits per heavy atom. The topological polar surface area (TPSA) is 46.3 Å². The summed E-state index contributed by atoms with van der Waals surface area (Å²) < 4.78 is 0. The van der Waals surface area contributed by atoms with Gasteiger partial charge in [0.25, 0.3) is 0 Å². The first-order valence-electron chi connectivity index (χ1n) is 6.29. The number of carbonyl (C=O) groups excluding carboxylic acids is 1. The molecule has 100 valence electrons. The van der Waals surface area contributed by atoms with Crippen LogP contribution in [0.3, 0.4) is 0 Å². The lowest BCUT2D eigenvalue weighted by molar-refractivity contribution is -0.139. The van der Waals surface area contributed by atoms with E-state index >= 15 is 0 Å². The molecule has 0 radical (unpaired) electrons. The molecule has 0 saturated carbocycles. The van der Waals surface area contributed by atoms with Crippen molar-refractivity contribution < 1.29 is 4.79 Å². The third kappa shape index (κ3) is 3.33. The molecule has 0 aliphatic heterocycles. The minimum atomic E-state index is -0.492. The molecule has 0 bridgehead atoms. The Hall–Kier alpha value is -1.35. The van der Waals surface area contributed by atoms with E-state index < -0.39 is 5.41 Å². The van der Waals surface area contributed by atoms with E-state index in [2.05, 4.69) is 32.0 Å². The Morgan fingerprint density at radius 3 is 2.39 bits per heavy atom. The van der Waals surface area contributed by atoms with Crippen molar-refractivity contribution in [2.45, 2.75) is 34.2 Å². The molecule has 0 saturated heterocycles. The summed E-state index contributed by atoms with van der Waals surface area (Å²) in [6.45, 7) is 8.93. The molecule has 2 N–H and O–H groups in total. The van der Waals surface area contributed by atoms with Crippen LogP contribution in [0.25, 0.3) is 0 Å². The maximum Gasteiger partial charge on any atom is 0.229 e. The summed E-state index contributed by atoms with van der Waals surface area (Å²) in [6.07, 6.45) is 0. The molecule has 1 rings (SSSR count). The van der Waals surface area contributed by atoms with E-state index in [9.17, 15) is 4.79 Å². The zero-order chi connectivity index (χ0) is 13.9. The molecule has 0 aromatic heterocycles. The average Bonchev–Trinajstić information content (AvgIpc) is 2.32. The van der Waals surface area contributed by atoms with E-state index in [0.29, 0.717) is 13.1 Å². The number of nitrogens with two attached hydrogens (primary N) is 1. The zero-order valence-electron chi connectivity index (χ0n) is 12.1. The minimum Gasteiger partial charge on any atom is -0.341 e. The van der Waals surface area contributed by atoms with E-state index in [1.807, 2.05) is 20.9 Å². The zero-order valence-corrected chi connectivity index (χ0v) is 12.1. The molecule has 3 heteroatoms. The highest BCUT2D eigenvalue weighted by Gasteiger charge is 2.28. The van der Waals surface area contributed by atoms with Gasteiger partial charge in [0.05, 0.1) is 5.41 Å². The number of nitrogens with zero attached hydrogens (tertiary/aromatic N) is 1. The van der Waals surface area contributed by atoms with Gasteiger partial charge < -0.3 is 10.6 Å². The number of amides is 1. The van der Waals surface area contributed by atoms with Gasteiger partial charge in [-0.3, -0.25) is 4.79 Å². The quantitative estimate of drug-likeness (QED) is 0.888. The molecule has 0 aliphatic carbocycles. The Kier molecular flexibility index (Phi) is 4.52. The average molecular weight is 248 g/mol. The van der Waals surface area contributed by atoms with Crippen LogP contribution in [-0.2, 0) is 11.3 Å². The summed E-state index contributed by atoms with van der Waals surface area (Å²) in [5, 5.41) is 0. The Morgan fingerprint density at radius 2 is 1.89 bits per heavy atom. The maximum absolute atomic E-state index is 12.2. The van der Waals surface area contributed by atoms with Gasteiger partial charge in [-0.25, -0.2) is 0 Å². The van der Waals surface area contributed by atoms with Crippen molar-refractivity contribution in [2.24, 2.45) is 11.1 Å². The number of rotatable bonds is 4. The van der Waals surface area contributed by atoms with Crippen molar-refractivity contribution >= 4 is 5.91 Å². The highest BCUT2D eigenvalue weighted by atomic mass is 16.2. The van der Waals surface area contributed by atoms with E-state index in [-0.39, 0.29) is 5.91 Å². The molecular weight excluding hydrogens is 224 g/mol. The van der Waals surface area contributed by atoms with Crippen LogP contribution in [0, 0.1) is 19.3 Å². The van der Waals surface area contributed by atoms with Crippen molar-refractivity contribution in [1.82, 2.24) is 4.90 Å². The summed E-state index contributed by atoms with van der Waals surface area (Å²) in [4.78, 5) is 13.9. The Balaban J connectivity index is 2.78. The molecular formula is C15H24N2O. The fourth-order valence-electron chi connectivity index (χ4n) is 1.85. The predicted molar refractivity (Wildman–Crippen MR) is 75.2 cm³/mol. The summed E-state index contributed by atoms with van der Waals surface area (Å²) >= 11 is 0. The first-order chi connectivity index (χ1) is 8.27. The number of hydrogen-bond acceptors (Lipinski definition) is 2. The van der Waals surface area contributed by atoms with Gasteiger partial charge >= 0.3 is 0 Å². The van der Waals surface area contributed by atoms with Gasteiger partial charge in [0.2, 0.25) is 5.91 Å². The largest absolute Gasteiger partial charge is 0.341 e. The lowest BCUT2D eigenvalue weighted by Gasteiger charge is -2.28. The summed E-state index contributed by atoms with van der Waals surface area (Å²) in [5.41, 5.74) is 8.83. The molecule has 18 heavy (non-hydrogen) atoms. The minimum absolute atomic E-state index is 0.0863. The van der Waals surface area contributed by atoms with Gasteiger partial charge in [-0.1, -0.05) is 18.2 Å². The third-order valence-corrected chi connectivity index (χ3v) is 3.43. The van der Waals surface area contributed by atoms with E-state index in [1.54, 1.807) is 4.90 Å². The third-order valence-electron chi connectivity index (χ3n) is 3.43. The molecule has 3 nitrogen and oxygen atoms in total. The number of benzene rings is 1. The van der Waals surface area contributed by atoms with Gasteiger partial charge in [0.1, 0.15) is 0 Å². The van der Waals surface area contributed by atoms with Crippen molar-refractivity contribution in [1.29, 1.82) is 0 Å². The first-order valence-corrected chi connectivity index (χ1v) is 6.29. The van der Waals surface area contributed by atoms with E-state index in [0.717, 1.165) is 5.56 Å². The van der Waals surface area contributed by atoms with Crippen LogP contribution in [0.4, 0.5) is 0 Å². The van der Waals surface area contributed by atoms with Gasteiger partial charge in [0, 0.05) is 20.1 Å². The Bertz CT molecular complexity index is 438. The second kappa shape index (κ2) is 5.53. The highest BCUT2D eigenvalue weighted by Crippen LogP contribution is 2.18. The maximum atomic E-state index is 12.2. The smallest absolute Gasteiger partial charge is 0.229 e. The highest BCUT2D eigenvalue weighted by molar-refractivity contribution is 5.81. The van der Waals surface area contributed by atoms with Crippen molar-refractivity contribution in [2.75, 3.05) is 13.6 Å². The molecule has 0 atom stereocenters. The molecule has 0 unspecified atom stereocenters. The van der Waals surface area contributed by atoms with Crippen LogP contribution < -0.4 is 5.73 Å². The molecule has 0 fully saturated rings. The molecule has 0 heterocycles. The van der Waals surface area contributed by atoms with Crippen molar-refractivity contribution in [3.63, 3.8) is 0 Å². The lowest BCUT2D eigenvalue weighted by atomic mass is 9.92. The predicted octanol–water partition coefficient (Wildman–Crippen LogP) is 2.25. The number of carbonyl (C=O) groups is 1. The molecule has 0 spiro atoms. The van der Waals surface area contributed by atoms with Crippen LogP contribution in [0.2, 0.25) is 0 Å². The fourth-order valence-corrected chi connectivity index (χ4v) is 1.85. The fraction of sp³-hybridized carbons (Fsp3) is 0.533. The summed E-state index contributed by atoms with van der Waals surface area (Å²) in [7, 11) is 1.83. The first kappa shape index (κ1) is 14.7. The molecule has 1 aromatic carbocycles.